The minimum absolute atomic E-state index is 0.666. The van der Waals surface area contributed by atoms with Crippen molar-refractivity contribution >= 4 is 28.5 Å². The van der Waals surface area contributed by atoms with Gasteiger partial charge in [0.25, 0.3) is 0 Å². The second-order valence-electron chi connectivity index (χ2n) is 6.95. The number of aromatic nitrogens is 4. The van der Waals surface area contributed by atoms with Crippen LogP contribution in [0.5, 0.6) is 5.75 Å². The van der Waals surface area contributed by atoms with Crippen molar-refractivity contribution in [1.82, 2.24) is 19.7 Å². The topological polar surface area (TPSA) is 77.3 Å². The molecule has 0 unspecified atom stereocenters. The molecule has 1 aliphatic rings. The molecule has 30 heavy (non-hydrogen) atoms. The van der Waals surface area contributed by atoms with Gasteiger partial charge in [0.15, 0.2) is 5.65 Å². The van der Waals surface area contributed by atoms with Crippen molar-refractivity contribution in [1.29, 1.82) is 0 Å². The van der Waals surface area contributed by atoms with E-state index in [1.807, 2.05) is 59.3 Å². The highest BCUT2D eigenvalue weighted by Gasteiger charge is 2.19. The van der Waals surface area contributed by atoms with Crippen LogP contribution in [0.1, 0.15) is 0 Å². The van der Waals surface area contributed by atoms with Crippen LogP contribution in [0.4, 0.5) is 17.5 Å². The lowest BCUT2D eigenvalue weighted by molar-refractivity contribution is 0.122. The Balaban J connectivity index is 1.61. The Hall–Kier alpha value is -3.65. The van der Waals surface area contributed by atoms with E-state index in [9.17, 15) is 0 Å². The zero-order valence-corrected chi connectivity index (χ0v) is 16.7. The van der Waals surface area contributed by atoms with Crippen molar-refractivity contribution in [2.45, 2.75) is 0 Å². The van der Waals surface area contributed by atoms with Crippen LogP contribution in [0.15, 0.2) is 60.8 Å². The molecule has 4 aromatic rings. The number of nitrogens with zero attached hydrogens (tertiary/aromatic N) is 5. The quantitative estimate of drug-likeness (QED) is 0.548. The van der Waals surface area contributed by atoms with Crippen molar-refractivity contribution < 1.29 is 9.47 Å². The number of benzene rings is 2. The van der Waals surface area contributed by atoms with Crippen molar-refractivity contribution in [2.24, 2.45) is 0 Å². The molecule has 152 valence electrons. The van der Waals surface area contributed by atoms with E-state index in [-0.39, 0.29) is 0 Å². The predicted octanol–water partition coefficient (Wildman–Crippen LogP) is 3.40. The molecule has 0 saturated carbocycles. The van der Waals surface area contributed by atoms with Crippen LogP contribution in [0.25, 0.3) is 16.7 Å². The Kier molecular flexibility index (Phi) is 4.90. The van der Waals surface area contributed by atoms with Crippen LogP contribution in [-0.4, -0.2) is 53.2 Å². The molecule has 1 saturated heterocycles. The molecular weight excluding hydrogens is 380 g/mol. The van der Waals surface area contributed by atoms with Gasteiger partial charge < -0.3 is 19.7 Å². The van der Waals surface area contributed by atoms with E-state index in [1.165, 1.54) is 0 Å². The number of para-hydroxylation sites is 1. The van der Waals surface area contributed by atoms with Gasteiger partial charge in [-0.1, -0.05) is 18.2 Å². The van der Waals surface area contributed by atoms with E-state index in [0.29, 0.717) is 25.0 Å². The molecule has 1 aliphatic heterocycles. The van der Waals surface area contributed by atoms with Gasteiger partial charge in [0.1, 0.15) is 11.6 Å². The van der Waals surface area contributed by atoms with Crippen LogP contribution < -0.4 is 15.0 Å². The van der Waals surface area contributed by atoms with Gasteiger partial charge in [-0.3, -0.25) is 0 Å². The zero-order valence-electron chi connectivity index (χ0n) is 16.7. The Morgan fingerprint density at radius 3 is 2.47 bits per heavy atom. The second kappa shape index (κ2) is 8.00. The van der Waals surface area contributed by atoms with Gasteiger partial charge >= 0.3 is 0 Å². The van der Waals surface area contributed by atoms with Gasteiger partial charge in [-0.25, -0.2) is 4.68 Å². The summed E-state index contributed by atoms with van der Waals surface area (Å²) in [6.45, 7) is 2.85. The highest BCUT2D eigenvalue weighted by Crippen LogP contribution is 2.28. The van der Waals surface area contributed by atoms with Gasteiger partial charge in [0.05, 0.1) is 37.6 Å². The number of methoxy groups -OCH3 is 1. The lowest BCUT2D eigenvalue weighted by Gasteiger charge is -2.27. The van der Waals surface area contributed by atoms with Crippen molar-refractivity contribution in [3.8, 4) is 11.4 Å². The molecule has 8 nitrogen and oxygen atoms in total. The maximum atomic E-state index is 5.49. The number of ether oxygens (including phenoxy) is 2. The minimum atomic E-state index is 0.666. The van der Waals surface area contributed by atoms with E-state index in [2.05, 4.69) is 15.3 Å². The first-order valence-corrected chi connectivity index (χ1v) is 9.87. The van der Waals surface area contributed by atoms with E-state index in [4.69, 9.17) is 19.4 Å². The molecule has 0 atom stereocenters. The number of hydrogen-bond donors (Lipinski definition) is 1. The summed E-state index contributed by atoms with van der Waals surface area (Å²) >= 11 is 0. The Labute approximate surface area is 174 Å². The molecule has 1 fully saturated rings. The summed E-state index contributed by atoms with van der Waals surface area (Å²) in [5, 5.41) is 8.87. The van der Waals surface area contributed by atoms with Crippen molar-refractivity contribution in [2.75, 3.05) is 43.6 Å². The molecule has 2 aromatic carbocycles. The number of morpholine rings is 1. The summed E-state index contributed by atoms with van der Waals surface area (Å²) in [6, 6.07) is 17.7. The van der Waals surface area contributed by atoms with E-state index in [1.54, 1.807) is 13.3 Å². The zero-order chi connectivity index (χ0) is 20.3. The molecule has 8 heteroatoms. The summed E-state index contributed by atoms with van der Waals surface area (Å²) in [6.07, 6.45) is 1.80. The van der Waals surface area contributed by atoms with Crippen LogP contribution in [0, 0.1) is 0 Å². The summed E-state index contributed by atoms with van der Waals surface area (Å²) in [7, 11) is 1.66. The molecule has 5 rings (SSSR count). The Bertz CT molecular complexity index is 1140. The Morgan fingerprint density at radius 2 is 1.73 bits per heavy atom. The average molecular weight is 402 g/mol. The third-order valence-corrected chi connectivity index (χ3v) is 5.06. The first-order valence-electron chi connectivity index (χ1n) is 9.87. The smallest absolute Gasteiger partial charge is 0.229 e. The number of anilines is 3. The largest absolute Gasteiger partial charge is 0.497 e. The first-order chi connectivity index (χ1) is 14.8. The van der Waals surface area contributed by atoms with Gasteiger partial charge in [-0.15, -0.1) is 0 Å². The molecular formula is C22H22N6O2. The van der Waals surface area contributed by atoms with Gasteiger partial charge in [-0.2, -0.15) is 15.1 Å². The predicted molar refractivity (Wildman–Crippen MR) is 116 cm³/mol. The molecule has 3 heterocycles. The average Bonchev–Trinajstić information content (AvgIpc) is 3.25. The van der Waals surface area contributed by atoms with Crippen molar-refractivity contribution in [3.63, 3.8) is 0 Å². The van der Waals surface area contributed by atoms with E-state index >= 15 is 0 Å². The maximum Gasteiger partial charge on any atom is 0.229 e. The summed E-state index contributed by atoms with van der Waals surface area (Å²) < 4.78 is 12.6. The molecule has 1 N–H and O–H groups in total. The third-order valence-electron chi connectivity index (χ3n) is 5.06. The normalized spacial score (nSPS) is 14.1. The molecule has 0 radical (unpaired) electrons. The SMILES string of the molecule is COc1ccc(Nc2nc(N3CCOCC3)nc3c2cnn3-c2ccccc2)cc1. The fraction of sp³-hybridized carbons (Fsp3) is 0.227. The molecule has 0 amide bonds. The number of nitrogens with one attached hydrogen (secondary N) is 1. The summed E-state index contributed by atoms with van der Waals surface area (Å²) in [5.74, 6) is 2.19. The van der Waals surface area contributed by atoms with Crippen LogP contribution in [-0.2, 0) is 4.74 Å². The molecule has 2 aromatic heterocycles. The van der Waals surface area contributed by atoms with Crippen molar-refractivity contribution in [3.05, 3.63) is 60.8 Å². The first kappa shape index (κ1) is 18.4. The lowest BCUT2D eigenvalue weighted by Crippen LogP contribution is -2.37. The summed E-state index contributed by atoms with van der Waals surface area (Å²) in [5.41, 5.74) is 2.62. The standard InChI is InChI=1S/C22H22N6O2/c1-29-18-9-7-16(8-10-18)24-20-19-15-23-28(17-5-3-2-4-6-17)21(19)26-22(25-20)27-11-13-30-14-12-27/h2-10,15H,11-14H2,1H3,(H,24,25,26). The van der Waals surface area contributed by atoms with Crippen LogP contribution in [0.2, 0.25) is 0 Å². The number of rotatable bonds is 5. The number of hydrogen-bond acceptors (Lipinski definition) is 7. The van der Waals surface area contributed by atoms with Gasteiger partial charge in [-0.05, 0) is 36.4 Å². The molecule has 0 spiro atoms. The maximum absolute atomic E-state index is 5.49. The minimum Gasteiger partial charge on any atom is -0.497 e. The molecule has 0 aliphatic carbocycles. The Morgan fingerprint density at radius 1 is 0.967 bits per heavy atom. The second-order valence-corrected chi connectivity index (χ2v) is 6.95. The highest BCUT2D eigenvalue weighted by atomic mass is 16.5. The highest BCUT2D eigenvalue weighted by molar-refractivity contribution is 5.90. The summed E-state index contributed by atoms with van der Waals surface area (Å²) in [4.78, 5) is 11.8. The lowest BCUT2D eigenvalue weighted by atomic mass is 10.3. The van der Waals surface area contributed by atoms with E-state index in [0.717, 1.165) is 41.2 Å². The van der Waals surface area contributed by atoms with E-state index < -0.39 is 0 Å². The van der Waals surface area contributed by atoms with Crippen LogP contribution >= 0.6 is 0 Å². The third kappa shape index (κ3) is 3.53. The van der Waals surface area contributed by atoms with Gasteiger partial charge in [0, 0.05) is 18.8 Å². The fourth-order valence-electron chi connectivity index (χ4n) is 3.47. The van der Waals surface area contributed by atoms with Crippen LogP contribution in [0.3, 0.4) is 0 Å². The fourth-order valence-corrected chi connectivity index (χ4v) is 3.47. The molecule has 0 bridgehead atoms. The monoisotopic (exact) mass is 402 g/mol. The number of fused-ring (bicyclic) bond motifs is 1. The van der Waals surface area contributed by atoms with Gasteiger partial charge in [0.2, 0.25) is 5.95 Å².